The van der Waals surface area contributed by atoms with Crippen molar-refractivity contribution in [2.45, 2.75) is 62.9 Å². The number of hydrogen-bond donors (Lipinski definition) is 0. The number of rotatable bonds is 10. The molecular weight excluding hydrogens is 607 g/mol. The number of anilines is 1. The van der Waals surface area contributed by atoms with E-state index in [9.17, 15) is 16.8 Å². The lowest BCUT2D eigenvalue weighted by Gasteiger charge is -2.35. The van der Waals surface area contributed by atoms with Crippen molar-refractivity contribution >= 4 is 31.6 Å². The van der Waals surface area contributed by atoms with Crippen LogP contribution < -0.4 is 4.90 Å². The molecule has 1 atom stereocenters. The molecule has 0 spiro atoms. The summed E-state index contributed by atoms with van der Waals surface area (Å²) in [6.45, 7) is 12.2. The molecule has 3 aromatic carbocycles. The Balaban J connectivity index is 1.62. The summed E-state index contributed by atoms with van der Waals surface area (Å²) < 4.78 is 61.9. The van der Waals surface area contributed by atoms with Gasteiger partial charge in [-0.2, -0.15) is 12.7 Å². The van der Waals surface area contributed by atoms with Gasteiger partial charge < -0.3 is 9.80 Å². The Bertz CT molecular complexity index is 1680. The third kappa shape index (κ3) is 7.43. The van der Waals surface area contributed by atoms with Gasteiger partial charge >= 0.3 is 0 Å². The van der Waals surface area contributed by atoms with Crippen LogP contribution in [0.5, 0.6) is 0 Å². The molecular formula is C34H45N5O4S2. The lowest BCUT2D eigenvalue weighted by molar-refractivity contribution is 0.235. The van der Waals surface area contributed by atoms with E-state index in [-0.39, 0.29) is 16.3 Å². The Kier molecular flexibility index (Phi) is 10.3. The molecule has 3 aromatic rings. The van der Waals surface area contributed by atoms with Crippen molar-refractivity contribution < 1.29 is 16.8 Å². The number of likely N-dealkylation sites (tertiary alicyclic amines) is 1. The number of amidine groups is 1. The molecule has 0 bridgehead atoms. The number of benzene rings is 3. The number of aryl methyl sites for hydroxylation is 2. The number of piperidine rings is 1. The summed E-state index contributed by atoms with van der Waals surface area (Å²) in [6, 6.07) is 21.5. The third-order valence-corrected chi connectivity index (χ3v) is 12.0. The highest BCUT2D eigenvalue weighted by Gasteiger charge is 2.43. The van der Waals surface area contributed by atoms with Crippen molar-refractivity contribution in [3.63, 3.8) is 0 Å². The van der Waals surface area contributed by atoms with E-state index in [4.69, 9.17) is 0 Å². The zero-order valence-electron chi connectivity index (χ0n) is 26.8. The number of hydrogen-bond acceptors (Lipinski definition) is 6. The first kappa shape index (κ1) is 33.1. The smallest absolute Gasteiger partial charge is 0.283 e. The van der Waals surface area contributed by atoms with Gasteiger partial charge in [0.1, 0.15) is 12.0 Å². The lowest BCUT2D eigenvalue weighted by Crippen LogP contribution is -2.44. The van der Waals surface area contributed by atoms with E-state index in [1.807, 2.05) is 43.0 Å². The van der Waals surface area contributed by atoms with Crippen LogP contribution in [0.15, 0.2) is 87.0 Å². The topological polar surface area (TPSA) is 93.6 Å². The summed E-state index contributed by atoms with van der Waals surface area (Å²) in [7, 11) is -7.99. The molecule has 0 N–H and O–H groups in total. The quantitative estimate of drug-likeness (QED) is 0.213. The van der Waals surface area contributed by atoms with Crippen LogP contribution in [-0.2, 0) is 20.0 Å². The van der Waals surface area contributed by atoms with Crippen LogP contribution in [0.25, 0.3) is 0 Å². The van der Waals surface area contributed by atoms with Gasteiger partial charge in [0.05, 0.1) is 16.3 Å². The van der Waals surface area contributed by atoms with Gasteiger partial charge in [-0.1, -0.05) is 53.9 Å². The van der Waals surface area contributed by atoms with Gasteiger partial charge in [0.25, 0.3) is 10.0 Å². The normalized spacial score (nSPS) is 18.8. The zero-order chi connectivity index (χ0) is 32.2. The van der Waals surface area contributed by atoms with E-state index in [1.54, 1.807) is 48.5 Å². The van der Waals surface area contributed by atoms with Crippen LogP contribution in [0.3, 0.4) is 0 Å². The highest BCUT2D eigenvalue weighted by Crippen LogP contribution is 2.37. The second-order valence-corrected chi connectivity index (χ2v) is 15.4. The molecule has 0 aromatic heterocycles. The highest BCUT2D eigenvalue weighted by atomic mass is 32.2. The van der Waals surface area contributed by atoms with Crippen molar-refractivity contribution in [3.05, 3.63) is 89.5 Å². The van der Waals surface area contributed by atoms with Gasteiger partial charge in [-0.05, 0) is 95.6 Å². The maximum absolute atomic E-state index is 14.2. The van der Waals surface area contributed by atoms with Crippen molar-refractivity contribution in [2.24, 2.45) is 4.40 Å². The zero-order valence-corrected chi connectivity index (χ0v) is 28.4. The molecule has 242 valence electrons. The summed E-state index contributed by atoms with van der Waals surface area (Å²) in [5, 5.41) is 0. The summed E-state index contributed by atoms with van der Waals surface area (Å²) in [5.41, 5.74) is 3.73. The third-order valence-electron chi connectivity index (χ3n) is 8.77. The molecule has 45 heavy (non-hydrogen) atoms. The Morgan fingerprint density at radius 2 is 1.29 bits per heavy atom. The Morgan fingerprint density at radius 3 is 1.84 bits per heavy atom. The Morgan fingerprint density at radius 1 is 0.733 bits per heavy atom. The minimum atomic E-state index is -4.06. The molecule has 2 heterocycles. The lowest BCUT2D eigenvalue weighted by atomic mass is 10.1. The van der Waals surface area contributed by atoms with Crippen molar-refractivity contribution in [1.82, 2.24) is 14.1 Å². The van der Waals surface area contributed by atoms with Gasteiger partial charge in [0.15, 0.2) is 0 Å². The second kappa shape index (κ2) is 14.0. The molecule has 0 unspecified atom stereocenters. The molecule has 0 saturated carbocycles. The average Bonchev–Trinajstić information content (AvgIpc) is 3.49. The highest BCUT2D eigenvalue weighted by molar-refractivity contribution is 7.90. The standard InChI is InChI=1S/C34H45N5O4S2/c1-5-37(6-2)30-16-14-29(15-17-30)34-38(24-25-39(34)45(42,43)32-20-12-28(4)13-21-32)33(26-36-22-8-7-9-23-36)35-44(40,41)31-18-10-27(3)11-19-31/h10-21,34H,5-9,22-26H2,1-4H3/t34-/m0/s1. The predicted molar refractivity (Wildman–Crippen MR) is 181 cm³/mol. The maximum Gasteiger partial charge on any atom is 0.283 e. The SMILES string of the molecule is CCN(CC)c1ccc([C@H]2N(C(CN3CCCCC3)=NS(=O)(=O)c3ccc(C)cc3)CCN2S(=O)(=O)c2ccc(C)cc2)cc1. The first-order valence-electron chi connectivity index (χ1n) is 15.9. The predicted octanol–water partition coefficient (Wildman–Crippen LogP) is 5.43. The summed E-state index contributed by atoms with van der Waals surface area (Å²) in [4.78, 5) is 6.67. The van der Waals surface area contributed by atoms with Crippen LogP contribution in [-0.4, -0.2) is 82.6 Å². The summed E-state index contributed by atoms with van der Waals surface area (Å²) in [6.07, 6.45) is 2.43. The molecule has 5 rings (SSSR count). The van der Waals surface area contributed by atoms with Crippen molar-refractivity contribution in [3.8, 4) is 0 Å². The van der Waals surface area contributed by atoms with Gasteiger partial charge in [0.2, 0.25) is 10.0 Å². The maximum atomic E-state index is 14.2. The van der Waals surface area contributed by atoms with Crippen LogP contribution in [0, 0.1) is 13.8 Å². The van der Waals surface area contributed by atoms with Crippen LogP contribution in [0.2, 0.25) is 0 Å². The van der Waals surface area contributed by atoms with E-state index in [2.05, 4.69) is 28.0 Å². The summed E-state index contributed by atoms with van der Waals surface area (Å²) >= 11 is 0. The number of sulfonamides is 2. The van der Waals surface area contributed by atoms with Crippen LogP contribution in [0.4, 0.5) is 5.69 Å². The fraction of sp³-hybridized carbons (Fsp3) is 0.441. The summed E-state index contributed by atoms with van der Waals surface area (Å²) in [5.74, 6) is 0.358. The van der Waals surface area contributed by atoms with Gasteiger partial charge in [-0.25, -0.2) is 8.42 Å². The fourth-order valence-corrected chi connectivity index (χ4v) is 8.75. The second-order valence-electron chi connectivity index (χ2n) is 11.9. The van der Waals surface area contributed by atoms with Gasteiger partial charge in [-0.3, -0.25) is 4.90 Å². The minimum Gasteiger partial charge on any atom is -0.372 e. The van der Waals surface area contributed by atoms with Crippen molar-refractivity contribution in [2.75, 3.05) is 50.7 Å². The van der Waals surface area contributed by atoms with Crippen molar-refractivity contribution in [1.29, 1.82) is 0 Å². The largest absolute Gasteiger partial charge is 0.372 e. The molecule has 11 heteroatoms. The molecule has 2 fully saturated rings. The van der Waals surface area contributed by atoms with Gasteiger partial charge in [0, 0.05) is 31.9 Å². The molecule has 0 amide bonds. The molecule has 9 nitrogen and oxygen atoms in total. The molecule has 2 aliphatic rings. The first-order valence-corrected chi connectivity index (χ1v) is 18.7. The van der Waals surface area contributed by atoms with E-state index in [1.165, 1.54) is 4.31 Å². The molecule has 0 radical (unpaired) electrons. The Hall–Kier alpha value is -3.25. The van der Waals surface area contributed by atoms with E-state index in [0.29, 0.717) is 18.9 Å². The molecule has 0 aliphatic carbocycles. The monoisotopic (exact) mass is 651 g/mol. The molecule has 2 aliphatic heterocycles. The number of nitrogens with zero attached hydrogens (tertiary/aromatic N) is 5. The van der Waals surface area contributed by atoms with Gasteiger partial charge in [-0.15, -0.1) is 4.40 Å². The molecule has 2 saturated heterocycles. The van der Waals surface area contributed by atoms with Crippen LogP contribution >= 0.6 is 0 Å². The fourth-order valence-electron chi connectivity index (χ4n) is 6.16. The van der Waals surface area contributed by atoms with E-state index < -0.39 is 26.2 Å². The average molecular weight is 652 g/mol. The van der Waals surface area contributed by atoms with Crippen LogP contribution in [0.1, 0.15) is 56.0 Å². The minimum absolute atomic E-state index is 0.118. The van der Waals surface area contributed by atoms with E-state index in [0.717, 1.165) is 67.8 Å². The first-order chi connectivity index (χ1) is 21.5. The Labute approximate surface area is 269 Å². The van der Waals surface area contributed by atoms with E-state index >= 15 is 0 Å².